The van der Waals surface area contributed by atoms with Crippen molar-refractivity contribution in [1.29, 1.82) is 0 Å². The Morgan fingerprint density at radius 1 is 1.00 bits per heavy atom. The van der Waals surface area contributed by atoms with E-state index in [4.69, 9.17) is 0 Å². The van der Waals surface area contributed by atoms with Gasteiger partial charge in [-0.2, -0.15) is 0 Å². The van der Waals surface area contributed by atoms with Gasteiger partial charge in [0.2, 0.25) is 5.91 Å². The molecule has 1 spiro atoms. The van der Waals surface area contributed by atoms with E-state index in [0.29, 0.717) is 26.2 Å². The summed E-state index contributed by atoms with van der Waals surface area (Å²) in [5.41, 5.74) is 3.81. The molecule has 2 aliphatic heterocycles. The molecular weight excluding hydrogens is 350 g/mol. The first-order valence-electron chi connectivity index (χ1n) is 9.83. The summed E-state index contributed by atoms with van der Waals surface area (Å²) in [5.74, 6) is 0.190. The van der Waals surface area contributed by atoms with Crippen LogP contribution in [0.4, 0.5) is 5.69 Å². The van der Waals surface area contributed by atoms with Crippen LogP contribution in [-0.2, 0) is 4.79 Å². The summed E-state index contributed by atoms with van der Waals surface area (Å²) in [4.78, 5) is 31.7. The minimum atomic E-state index is -0.195. The summed E-state index contributed by atoms with van der Waals surface area (Å²) in [6, 6.07) is 15.7. The van der Waals surface area contributed by atoms with Gasteiger partial charge >= 0.3 is 0 Å². The number of amides is 2. The summed E-state index contributed by atoms with van der Waals surface area (Å²) in [6.45, 7) is 6.44. The second-order valence-corrected chi connectivity index (χ2v) is 8.17. The van der Waals surface area contributed by atoms with Crippen molar-refractivity contribution in [3.8, 4) is 0 Å². The van der Waals surface area contributed by atoms with Gasteiger partial charge in [-0.3, -0.25) is 14.5 Å². The number of likely N-dealkylation sites (tertiary alicyclic amines) is 1. The second-order valence-electron chi connectivity index (χ2n) is 8.17. The van der Waals surface area contributed by atoms with E-state index in [2.05, 4.69) is 11.8 Å². The zero-order valence-corrected chi connectivity index (χ0v) is 16.8. The zero-order valence-electron chi connectivity index (χ0n) is 16.8. The van der Waals surface area contributed by atoms with Gasteiger partial charge in [-0.1, -0.05) is 24.3 Å². The Morgan fingerprint density at radius 2 is 1.75 bits per heavy atom. The third-order valence-electron chi connectivity index (χ3n) is 6.38. The first-order chi connectivity index (χ1) is 13.4. The van der Waals surface area contributed by atoms with Crippen LogP contribution in [0.2, 0.25) is 0 Å². The highest BCUT2D eigenvalue weighted by Gasteiger charge is 2.48. The second kappa shape index (κ2) is 7.06. The summed E-state index contributed by atoms with van der Waals surface area (Å²) in [5, 5.41) is 0. The molecule has 4 rings (SSSR count). The Balaban J connectivity index is 1.56. The molecular formula is C23H27N3O2. The summed E-state index contributed by atoms with van der Waals surface area (Å²) in [7, 11) is 2.00. The van der Waals surface area contributed by atoms with Crippen LogP contribution < -0.4 is 4.90 Å². The molecule has 2 aliphatic rings. The lowest BCUT2D eigenvalue weighted by atomic mass is 9.92. The lowest BCUT2D eigenvalue weighted by Crippen LogP contribution is -2.64. The predicted molar refractivity (Wildman–Crippen MR) is 111 cm³/mol. The highest BCUT2D eigenvalue weighted by Crippen LogP contribution is 2.34. The minimum Gasteiger partial charge on any atom is -0.337 e. The van der Waals surface area contributed by atoms with Gasteiger partial charge < -0.3 is 9.80 Å². The lowest BCUT2D eigenvalue weighted by Gasteiger charge is -2.46. The number of likely N-dealkylation sites (N-methyl/N-ethyl adjacent to an activating group) is 1. The van der Waals surface area contributed by atoms with Crippen molar-refractivity contribution in [3.63, 3.8) is 0 Å². The maximum atomic E-state index is 13.1. The normalized spacial score (nSPS) is 22.9. The fourth-order valence-electron chi connectivity index (χ4n) is 4.33. The van der Waals surface area contributed by atoms with Crippen molar-refractivity contribution in [1.82, 2.24) is 9.80 Å². The van der Waals surface area contributed by atoms with Crippen molar-refractivity contribution in [2.24, 2.45) is 0 Å². The van der Waals surface area contributed by atoms with E-state index < -0.39 is 0 Å². The number of piperazine rings is 1. The average Bonchev–Trinajstić information content (AvgIpc) is 3.12. The molecule has 5 heteroatoms. The van der Waals surface area contributed by atoms with E-state index in [-0.39, 0.29) is 17.4 Å². The van der Waals surface area contributed by atoms with Crippen LogP contribution in [0.15, 0.2) is 48.5 Å². The van der Waals surface area contributed by atoms with Crippen LogP contribution in [0.25, 0.3) is 0 Å². The topological polar surface area (TPSA) is 43.9 Å². The predicted octanol–water partition coefficient (Wildman–Crippen LogP) is 2.87. The molecule has 0 radical (unpaired) electrons. The van der Waals surface area contributed by atoms with Gasteiger partial charge in [-0.15, -0.1) is 0 Å². The third kappa shape index (κ3) is 3.20. The fraction of sp³-hybridized carbons (Fsp3) is 0.391. The maximum absolute atomic E-state index is 13.1. The van der Waals surface area contributed by atoms with E-state index in [1.807, 2.05) is 72.3 Å². The average molecular weight is 377 g/mol. The Kier molecular flexibility index (Phi) is 4.71. The molecule has 0 N–H and O–H groups in total. The first kappa shape index (κ1) is 18.7. The summed E-state index contributed by atoms with van der Waals surface area (Å²) < 4.78 is 0. The quantitative estimate of drug-likeness (QED) is 0.808. The SMILES string of the molecule is Cc1ccc(C(=O)N2CC[C@@]3(C2)CN(c2ccccc2)C(=O)CN3C)cc1C. The number of hydrogen-bond acceptors (Lipinski definition) is 3. The van der Waals surface area contributed by atoms with Crippen LogP contribution in [0.3, 0.4) is 0 Å². The standard InChI is InChI=1S/C23H27N3O2/c1-17-9-10-19(13-18(17)2)22(28)25-12-11-23(15-25)16-26(21(27)14-24(23)3)20-7-5-4-6-8-20/h4-10,13H,11-12,14-16H2,1-3H3/t23-/m1/s1. The Hall–Kier alpha value is -2.66. The highest BCUT2D eigenvalue weighted by atomic mass is 16.2. The molecule has 2 aromatic carbocycles. The zero-order chi connectivity index (χ0) is 19.9. The summed E-state index contributed by atoms with van der Waals surface area (Å²) in [6.07, 6.45) is 0.872. The molecule has 2 aromatic rings. The number of nitrogens with zero attached hydrogens (tertiary/aromatic N) is 3. The van der Waals surface area contributed by atoms with Gasteiger partial charge in [0.15, 0.2) is 0 Å². The number of para-hydroxylation sites is 1. The van der Waals surface area contributed by atoms with Crippen LogP contribution in [-0.4, -0.2) is 60.4 Å². The van der Waals surface area contributed by atoms with E-state index in [1.165, 1.54) is 5.56 Å². The monoisotopic (exact) mass is 377 g/mol. The van der Waals surface area contributed by atoms with Gasteiger partial charge in [0.1, 0.15) is 0 Å². The van der Waals surface area contributed by atoms with E-state index >= 15 is 0 Å². The van der Waals surface area contributed by atoms with Crippen LogP contribution >= 0.6 is 0 Å². The van der Waals surface area contributed by atoms with Crippen molar-refractivity contribution in [2.75, 3.05) is 38.1 Å². The van der Waals surface area contributed by atoms with E-state index in [9.17, 15) is 9.59 Å². The molecule has 1 atom stereocenters. The van der Waals surface area contributed by atoms with Gasteiger partial charge in [-0.25, -0.2) is 0 Å². The molecule has 2 saturated heterocycles. The maximum Gasteiger partial charge on any atom is 0.253 e. The molecule has 0 unspecified atom stereocenters. The highest BCUT2D eigenvalue weighted by molar-refractivity contribution is 5.97. The molecule has 28 heavy (non-hydrogen) atoms. The van der Waals surface area contributed by atoms with E-state index in [1.54, 1.807) is 0 Å². The Morgan fingerprint density at radius 3 is 2.46 bits per heavy atom. The van der Waals surface area contributed by atoms with Crippen LogP contribution in [0.1, 0.15) is 27.9 Å². The van der Waals surface area contributed by atoms with Crippen molar-refractivity contribution in [2.45, 2.75) is 25.8 Å². The molecule has 0 aromatic heterocycles. The number of aryl methyl sites for hydroxylation is 2. The van der Waals surface area contributed by atoms with Crippen molar-refractivity contribution >= 4 is 17.5 Å². The van der Waals surface area contributed by atoms with Crippen molar-refractivity contribution < 1.29 is 9.59 Å². The fourth-order valence-corrected chi connectivity index (χ4v) is 4.33. The summed E-state index contributed by atoms with van der Waals surface area (Å²) >= 11 is 0. The van der Waals surface area contributed by atoms with Crippen molar-refractivity contribution in [3.05, 3.63) is 65.2 Å². The molecule has 0 aliphatic carbocycles. The number of carbonyl (C=O) groups is 2. The van der Waals surface area contributed by atoms with Gasteiger partial charge in [-0.05, 0) is 62.7 Å². The lowest BCUT2D eigenvalue weighted by molar-refractivity contribution is -0.123. The van der Waals surface area contributed by atoms with Crippen LogP contribution in [0.5, 0.6) is 0 Å². The Bertz CT molecular complexity index is 911. The van der Waals surface area contributed by atoms with Gasteiger partial charge in [0.25, 0.3) is 5.91 Å². The minimum absolute atomic E-state index is 0.0801. The Labute approximate surface area is 166 Å². The first-order valence-corrected chi connectivity index (χ1v) is 9.83. The van der Waals surface area contributed by atoms with Gasteiger partial charge in [0, 0.05) is 30.9 Å². The largest absolute Gasteiger partial charge is 0.337 e. The van der Waals surface area contributed by atoms with Crippen LogP contribution in [0, 0.1) is 13.8 Å². The molecule has 0 saturated carbocycles. The molecule has 146 valence electrons. The molecule has 0 bridgehead atoms. The molecule has 5 nitrogen and oxygen atoms in total. The molecule has 2 heterocycles. The number of carbonyl (C=O) groups excluding carboxylic acids is 2. The smallest absolute Gasteiger partial charge is 0.253 e. The number of anilines is 1. The van der Waals surface area contributed by atoms with Gasteiger partial charge in [0.05, 0.1) is 12.1 Å². The number of hydrogen-bond donors (Lipinski definition) is 0. The number of rotatable bonds is 2. The molecule has 2 amide bonds. The molecule has 2 fully saturated rings. The third-order valence-corrected chi connectivity index (χ3v) is 6.38. The number of benzene rings is 2. The van der Waals surface area contributed by atoms with E-state index in [0.717, 1.165) is 23.2 Å².